The number of benzene rings is 4. The first-order valence-corrected chi connectivity index (χ1v) is 24.5. The number of hydrogen-bond acceptors (Lipinski definition) is 0. The fourth-order valence-corrected chi connectivity index (χ4v) is 11.3. The van der Waals surface area contributed by atoms with E-state index in [9.17, 15) is 0 Å². The molecule has 0 N–H and O–H groups in total. The van der Waals surface area contributed by atoms with Crippen LogP contribution < -0.4 is 0 Å². The molecule has 0 nitrogen and oxygen atoms in total. The van der Waals surface area contributed by atoms with Crippen molar-refractivity contribution in [3.63, 3.8) is 0 Å². The van der Waals surface area contributed by atoms with Gasteiger partial charge in [0.15, 0.2) is 0 Å². The predicted molar refractivity (Wildman–Crippen MR) is 248 cm³/mol. The zero-order chi connectivity index (χ0) is 35.8. The van der Waals surface area contributed by atoms with Gasteiger partial charge in [-0.2, -0.15) is 12.1 Å². The van der Waals surface area contributed by atoms with Crippen molar-refractivity contribution in [1.82, 2.24) is 0 Å². The molecule has 5 fully saturated rings. The molecule has 11 rings (SSSR count). The Balaban J connectivity index is 0.000000225. The Morgan fingerprint density at radius 2 is 1.14 bits per heavy atom. The van der Waals surface area contributed by atoms with Gasteiger partial charge in [0.05, 0.1) is 0 Å². The van der Waals surface area contributed by atoms with Crippen molar-refractivity contribution >= 4 is 53.2 Å². The van der Waals surface area contributed by atoms with Crippen LogP contribution in [0.1, 0.15) is 119 Å². The summed E-state index contributed by atoms with van der Waals surface area (Å²) in [4.78, 5) is 0. The fourth-order valence-electron chi connectivity index (χ4n) is 11.3. The maximum absolute atomic E-state index is 3.06. The van der Waals surface area contributed by atoms with Crippen molar-refractivity contribution in [3.8, 4) is 22.3 Å². The van der Waals surface area contributed by atoms with Gasteiger partial charge in [0.1, 0.15) is 0 Å². The Bertz CT molecular complexity index is 2090. The van der Waals surface area contributed by atoms with Gasteiger partial charge in [-0.05, 0) is 115 Å². The second kappa shape index (κ2) is 20.2. The third-order valence-corrected chi connectivity index (χ3v) is 13.6. The molecule has 5 saturated carbocycles. The Morgan fingerprint density at radius 1 is 0.661 bits per heavy atom. The van der Waals surface area contributed by atoms with Gasteiger partial charge >= 0.3 is 30.2 Å². The standard InChI is InChI=1S/C27H29.C23H25.2CH3.2ClH.Si.Zr/c1-2-18-13-23-4-3-5-25(26(23)14-18)22-6-8-24(9-7-22)27-15-19-10-20(16-27)12-21(11-19)17-27;1-16(2)17-10-12-19(13-11-17)22-9-5-8-20-14-21(15-23(20)22)18-6-3-4-7-18;;;;;;/h3-9,13-14,19-21H,2,10-12,15-17H2,1H3;5,8-16,18H,3-4,6-7H2,1-2H3;2*1H3;2*1H;;/q4*-1;;;;. The van der Waals surface area contributed by atoms with E-state index in [1.807, 2.05) is 0 Å². The molecular weight excluding hydrogens is 815 g/mol. The average Bonchev–Trinajstić information content (AvgIpc) is 3.95. The number of aryl methyl sites for hydroxylation is 1. The average molecular weight is 877 g/mol. The summed E-state index contributed by atoms with van der Waals surface area (Å²) in [7, 11) is 0. The summed E-state index contributed by atoms with van der Waals surface area (Å²) in [6, 6.07) is 42.0. The van der Waals surface area contributed by atoms with E-state index in [0.29, 0.717) is 11.3 Å². The van der Waals surface area contributed by atoms with Crippen molar-refractivity contribution < 1.29 is 23.3 Å². The predicted octanol–water partition coefficient (Wildman–Crippen LogP) is 15.6. The number of fused-ring (bicyclic) bond motifs is 2. The van der Waals surface area contributed by atoms with E-state index in [1.54, 1.807) is 11.1 Å². The first-order valence-electron chi connectivity index (χ1n) is 20.3. The molecule has 4 heteroatoms. The Hall–Kier alpha value is -2.22. The molecule has 0 heterocycles. The summed E-state index contributed by atoms with van der Waals surface area (Å²) in [5.41, 5.74) is 12.0. The van der Waals surface area contributed by atoms with Crippen LogP contribution >= 0.6 is 24.8 Å². The Kier molecular flexibility index (Phi) is 16.7. The molecule has 5 aliphatic rings. The van der Waals surface area contributed by atoms with Crippen LogP contribution in [-0.2, 0) is 35.2 Å². The van der Waals surface area contributed by atoms with E-state index in [2.05, 4.69) is 137 Å². The van der Waals surface area contributed by atoms with Crippen LogP contribution in [0.2, 0.25) is 0 Å². The van der Waals surface area contributed by atoms with E-state index in [1.165, 1.54) is 142 Å². The molecule has 0 atom stereocenters. The van der Waals surface area contributed by atoms with Gasteiger partial charge < -0.3 is 14.9 Å². The summed E-state index contributed by atoms with van der Waals surface area (Å²) in [6.45, 7) is 9.81. The third kappa shape index (κ3) is 9.31. The summed E-state index contributed by atoms with van der Waals surface area (Å²) < 4.78 is 0. The molecule has 5 aliphatic carbocycles. The van der Waals surface area contributed by atoms with Crippen LogP contribution in [0.25, 0.3) is 43.8 Å². The van der Waals surface area contributed by atoms with Crippen molar-refractivity contribution in [2.24, 2.45) is 17.8 Å². The Labute approximate surface area is 368 Å². The number of hydrogen-bond donors (Lipinski definition) is 0. The van der Waals surface area contributed by atoms with Gasteiger partial charge in [0.25, 0.3) is 0 Å². The monoisotopic (exact) mass is 874 g/mol. The molecule has 0 unspecified atom stereocenters. The Morgan fingerprint density at radius 3 is 1.64 bits per heavy atom. The first kappa shape index (κ1) is 46.5. The molecule has 0 amide bonds. The van der Waals surface area contributed by atoms with Crippen molar-refractivity contribution in [2.45, 2.75) is 109 Å². The molecule has 56 heavy (non-hydrogen) atoms. The molecule has 0 saturated heterocycles. The number of rotatable bonds is 6. The molecule has 0 aromatic heterocycles. The molecule has 6 aromatic carbocycles. The minimum atomic E-state index is 0. The summed E-state index contributed by atoms with van der Waals surface area (Å²) in [6.07, 6.45) is 15.6. The molecule has 4 bridgehead atoms. The second-order valence-electron chi connectivity index (χ2n) is 17.2. The van der Waals surface area contributed by atoms with Crippen LogP contribution in [-0.4, -0.2) is 6.88 Å². The fraction of sp³-hybridized carbons (Fsp3) is 0.385. The van der Waals surface area contributed by atoms with Crippen LogP contribution in [0.5, 0.6) is 0 Å². The topological polar surface area (TPSA) is 0 Å². The van der Waals surface area contributed by atoms with E-state index >= 15 is 0 Å². The van der Waals surface area contributed by atoms with E-state index < -0.39 is 0 Å². The van der Waals surface area contributed by atoms with Gasteiger partial charge in [0, 0.05) is 0 Å². The zero-order valence-electron chi connectivity index (χ0n) is 34.4. The van der Waals surface area contributed by atoms with Crippen molar-refractivity contribution in [2.75, 3.05) is 0 Å². The number of halogens is 2. The van der Waals surface area contributed by atoms with Gasteiger partial charge in [-0.25, -0.2) is 0 Å². The van der Waals surface area contributed by atoms with Crippen LogP contribution in [0, 0.1) is 32.6 Å². The molecule has 2 radical (unpaired) electrons. The molecule has 0 spiro atoms. The van der Waals surface area contributed by atoms with E-state index in [-0.39, 0.29) is 39.7 Å². The SMILES string of the molecule is CC(C)c1ccc(-c2cccc3[cH-]c(C4CCCC4)cc23)cc1.CCc1cc2c(-c3ccc(C45CC6CC(CC(C6)C4)C5)cc3)cccc2[cH-]1.Cl.Cl.[CH3-].[CH3-].[Si]=[Zr]. The summed E-state index contributed by atoms with van der Waals surface area (Å²) >= 11 is 1.36. The minimum absolute atomic E-state index is 0. The van der Waals surface area contributed by atoms with Crippen LogP contribution in [0.15, 0.2) is 109 Å². The van der Waals surface area contributed by atoms with Gasteiger partial charge in [-0.1, -0.05) is 105 Å². The van der Waals surface area contributed by atoms with Crippen molar-refractivity contribution in [3.05, 3.63) is 146 Å². The van der Waals surface area contributed by atoms with Crippen LogP contribution in [0.3, 0.4) is 0 Å². The maximum atomic E-state index is 3.06. The third-order valence-electron chi connectivity index (χ3n) is 13.6. The van der Waals surface area contributed by atoms with Gasteiger partial charge in [-0.3, -0.25) is 0 Å². The van der Waals surface area contributed by atoms with Crippen molar-refractivity contribution in [1.29, 1.82) is 0 Å². The second-order valence-corrected chi connectivity index (χ2v) is 17.2. The molecular formula is C52H62Cl2SiZr-4. The van der Waals surface area contributed by atoms with Gasteiger partial charge in [0.2, 0.25) is 0 Å². The molecule has 0 aliphatic heterocycles. The zero-order valence-corrected chi connectivity index (χ0v) is 39.5. The first-order chi connectivity index (χ1) is 25.4. The summed E-state index contributed by atoms with van der Waals surface area (Å²) in [5, 5.41) is 5.62. The van der Waals surface area contributed by atoms with E-state index in [0.717, 1.165) is 30.1 Å². The van der Waals surface area contributed by atoms with Gasteiger partial charge in [-0.15, -0.1) is 93.9 Å². The quantitative estimate of drug-likeness (QED) is 0.116. The molecule has 6 aromatic rings. The van der Waals surface area contributed by atoms with Crippen LogP contribution in [0.4, 0.5) is 0 Å². The molecule has 296 valence electrons. The normalized spacial score (nSPS) is 21.8. The van der Waals surface area contributed by atoms with E-state index in [4.69, 9.17) is 0 Å². The summed E-state index contributed by atoms with van der Waals surface area (Å²) in [5.74, 6) is 4.43.